The van der Waals surface area contributed by atoms with E-state index in [2.05, 4.69) is 15.1 Å². The molecule has 2 aliphatic rings. The zero-order valence-electron chi connectivity index (χ0n) is 15.0. The number of rotatable bonds is 4. The van der Waals surface area contributed by atoms with E-state index in [0.29, 0.717) is 13.0 Å². The molecule has 2 heterocycles. The SMILES string of the molecule is CCn1cc(C2CC(C(=O)NC3CCCC3)N(C)S(=O)(=O)N2)c(C)n1. The number of aromatic nitrogens is 2. The molecule has 1 aromatic rings. The maximum Gasteiger partial charge on any atom is 0.280 e. The Bertz CT molecular complexity index is 739. The summed E-state index contributed by atoms with van der Waals surface area (Å²) in [5.74, 6) is -0.204. The summed E-state index contributed by atoms with van der Waals surface area (Å²) < 4.78 is 30.6. The van der Waals surface area contributed by atoms with Crippen LogP contribution in [-0.4, -0.2) is 47.5 Å². The van der Waals surface area contributed by atoms with E-state index in [-0.39, 0.29) is 11.9 Å². The first kappa shape index (κ1) is 18.3. The van der Waals surface area contributed by atoms with Crippen LogP contribution in [0.15, 0.2) is 6.20 Å². The Hall–Kier alpha value is -1.45. The summed E-state index contributed by atoms with van der Waals surface area (Å²) in [5.41, 5.74) is 1.62. The number of likely N-dealkylation sites (N-methyl/N-ethyl adjacent to an activating group) is 1. The van der Waals surface area contributed by atoms with Crippen LogP contribution in [0.4, 0.5) is 0 Å². The Morgan fingerprint density at radius 1 is 1.40 bits per heavy atom. The molecular weight excluding hydrogens is 342 g/mol. The molecule has 1 aromatic heterocycles. The second kappa shape index (κ2) is 7.05. The van der Waals surface area contributed by atoms with Crippen molar-refractivity contribution in [3.8, 4) is 0 Å². The highest BCUT2D eigenvalue weighted by Crippen LogP contribution is 2.30. The third-order valence-electron chi connectivity index (χ3n) is 5.26. The number of amides is 1. The van der Waals surface area contributed by atoms with Gasteiger partial charge in [0.15, 0.2) is 0 Å². The molecule has 1 aliphatic heterocycles. The van der Waals surface area contributed by atoms with E-state index in [1.54, 1.807) is 4.68 Å². The van der Waals surface area contributed by atoms with Crippen molar-refractivity contribution in [2.75, 3.05) is 7.05 Å². The molecule has 1 saturated carbocycles. The van der Waals surface area contributed by atoms with Gasteiger partial charge in [0.1, 0.15) is 6.04 Å². The molecule has 1 aliphatic carbocycles. The molecule has 1 amide bonds. The van der Waals surface area contributed by atoms with Crippen LogP contribution < -0.4 is 10.0 Å². The first-order chi connectivity index (χ1) is 11.8. The van der Waals surface area contributed by atoms with E-state index in [0.717, 1.165) is 41.2 Å². The molecule has 2 atom stereocenters. The molecule has 2 unspecified atom stereocenters. The highest BCUT2D eigenvalue weighted by molar-refractivity contribution is 7.87. The van der Waals surface area contributed by atoms with Crippen molar-refractivity contribution in [2.45, 2.75) is 70.6 Å². The number of carbonyl (C=O) groups excluding carboxylic acids is 1. The maximum atomic E-state index is 12.7. The molecule has 9 heteroatoms. The second-order valence-corrected chi connectivity index (χ2v) is 8.72. The normalized spacial score (nSPS) is 27.5. The Morgan fingerprint density at radius 2 is 2.08 bits per heavy atom. The minimum Gasteiger partial charge on any atom is -0.352 e. The van der Waals surface area contributed by atoms with Crippen LogP contribution >= 0.6 is 0 Å². The molecule has 3 rings (SSSR count). The lowest BCUT2D eigenvalue weighted by atomic mass is 10.00. The van der Waals surface area contributed by atoms with Crippen LogP contribution in [0.1, 0.15) is 56.3 Å². The van der Waals surface area contributed by atoms with Crippen molar-refractivity contribution < 1.29 is 13.2 Å². The van der Waals surface area contributed by atoms with Crippen LogP contribution in [0, 0.1) is 6.92 Å². The Kier molecular flexibility index (Phi) is 5.17. The Labute approximate surface area is 149 Å². The quantitative estimate of drug-likeness (QED) is 0.822. The van der Waals surface area contributed by atoms with Crippen molar-refractivity contribution in [2.24, 2.45) is 0 Å². The summed E-state index contributed by atoms with van der Waals surface area (Å²) in [7, 11) is -2.26. The van der Waals surface area contributed by atoms with Crippen LogP contribution in [0.3, 0.4) is 0 Å². The highest BCUT2D eigenvalue weighted by atomic mass is 32.2. The van der Waals surface area contributed by atoms with Crippen LogP contribution in [0.2, 0.25) is 0 Å². The standard InChI is InChI=1S/C16H27N5O3S/c1-4-21-10-13(11(2)18-21)14-9-15(20(3)25(23,24)19-14)16(22)17-12-7-5-6-8-12/h10,12,14-15,19H,4-9H2,1-3H3,(H,17,22). The molecule has 2 fully saturated rings. The summed E-state index contributed by atoms with van der Waals surface area (Å²) >= 11 is 0. The Morgan fingerprint density at radius 3 is 2.68 bits per heavy atom. The molecular formula is C16H27N5O3S. The fourth-order valence-electron chi connectivity index (χ4n) is 3.72. The summed E-state index contributed by atoms with van der Waals surface area (Å²) in [5, 5.41) is 7.42. The molecule has 0 aromatic carbocycles. The monoisotopic (exact) mass is 369 g/mol. The third kappa shape index (κ3) is 3.73. The van der Waals surface area contributed by atoms with Gasteiger partial charge in [-0.25, -0.2) is 0 Å². The molecule has 0 bridgehead atoms. The fourth-order valence-corrected chi connectivity index (χ4v) is 4.98. The summed E-state index contributed by atoms with van der Waals surface area (Å²) in [6.45, 7) is 4.56. The maximum absolute atomic E-state index is 12.7. The van der Waals surface area contributed by atoms with Gasteiger partial charge >= 0.3 is 0 Å². The lowest BCUT2D eigenvalue weighted by Gasteiger charge is -2.36. The van der Waals surface area contributed by atoms with Gasteiger partial charge in [-0.3, -0.25) is 9.48 Å². The average molecular weight is 369 g/mol. The third-order valence-corrected chi connectivity index (χ3v) is 6.85. The summed E-state index contributed by atoms with van der Waals surface area (Å²) in [6.07, 6.45) is 6.43. The van der Waals surface area contributed by atoms with E-state index in [9.17, 15) is 13.2 Å². The van der Waals surface area contributed by atoms with E-state index in [1.807, 2.05) is 20.0 Å². The lowest BCUT2D eigenvalue weighted by molar-refractivity contribution is -0.126. The number of nitrogens with zero attached hydrogens (tertiary/aromatic N) is 3. The molecule has 1 saturated heterocycles. The predicted octanol–water partition coefficient (Wildman–Crippen LogP) is 0.850. The van der Waals surface area contributed by atoms with Gasteiger partial charge in [-0.1, -0.05) is 12.8 Å². The van der Waals surface area contributed by atoms with Crippen LogP contribution in [0.5, 0.6) is 0 Å². The molecule has 0 radical (unpaired) electrons. The smallest absolute Gasteiger partial charge is 0.280 e. The van der Waals surface area contributed by atoms with E-state index < -0.39 is 22.3 Å². The molecule has 0 spiro atoms. The lowest BCUT2D eigenvalue weighted by Crippen LogP contribution is -2.58. The predicted molar refractivity (Wildman–Crippen MR) is 94.0 cm³/mol. The van der Waals surface area contributed by atoms with Gasteiger partial charge in [-0.05, 0) is 33.1 Å². The van der Waals surface area contributed by atoms with Gasteiger partial charge in [-0.2, -0.15) is 22.5 Å². The van der Waals surface area contributed by atoms with Crippen LogP contribution in [0.25, 0.3) is 0 Å². The van der Waals surface area contributed by atoms with Crippen molar-refractivity contribution in [3.63, 3.8) is 0 Å². The second-order valence-electron chi connectivity index (χ2n) is 6.96. The molecule has 140 valence electrons. The first-order valence-corrected chi connectivity index (χ1v) is 10.4. The molecule has 8 nitrogen and oxygen atoms in total. The van der Waals surface area contributed by atoms with Crippen molar-refractivity contribution in [1.29, 1.82) is 0 Å². The zero-order chi connectivity index (χ0) is 18.2. The van der Waals surface area contributed by atoms with Crippen molar-refractivity contribution in [1.82, 2.24) is 24.1 Å². The Balaban J connectivity index is 1.82. The highest BCUT2D eigenvalue weighted by Gasteiger charge is 2.41. The van der Waals surface area contributed by atoms with Gasteiger partial charge in [-0.15, -0.1) is 0 Å². The largest absolute Gasteiger partial charge is 0.352 e. The van der Waals surface area contributed by atoms with E-state index >= 15 is 0 Å². The molecule has 2 N–H and O–H groups in total. The van der Waals surface area contributed by atoms with Crippen molar-refractivity contribution in [3.05, 3.63) is 17.5 Å². The van der Waals surface area contributed by atoms with Gasteiger partial charge in [0, 0.05) is 31.4 Å². The number of hydrogen-bond acceptors (Lipinski definition) is 4. The van der Waals surface area contributed by atoms with Gasteiger partial charge < -0.3 is 5.32 Å². The molecule has 25 heavy (non-hydrogen) atoms. The zero-order valence-corrected chi connectivity index (χ0v) is 15.8. The van der Waals surface area contributed by atoms with Crippen molar-refractivity contribution >= 4 is 16.1 Å². The number of aryl methyl sites for hydroxylation is 2. The summed E-state index contributed by atoms with van der Waals surface area (Å²) in [4.78, 5) is 12.7. The van der Waals surface area contributed by atoms with Gasteiger partial charge in [0.05, 0.1) is 11.7 Å². The topological polar surface area (TPSA) is 96.3 Å². The van der Waals surface area contributed by atoms with Gasteiger partial charge in [0.2, 0.25) is 5.91 Å². The number of nitrogens with one attached hydrogen (secondary N) is 2. The summed E-state index contributed by atoms with van der Waals surface area (Å²) in [6, 6.07) is -0.983. The first-order valence-electron chi connectivity index (χ1n) is 8.91. The van der Waals surface area contributed by atoms with Gasteiger partial charge in [0.25, 0.3) is 10.2 Å². The minimum absolute atomic E-state index is 0.168. The van der Waals surface area contributed by atoms with E-state index in [1.165, 1.54) is 7.05 Å². The van der Waals surface area contributed by atoms with Crippen LogP contribution in [-0.2, 0) is 21.5 Å². The number of carbonyl (C=O) groups is 1. The minimum atomic E-state index is -3.72. The average Bonchev–Trinajstić information content (AvgIpc) is 3.19. The number of hydrogen-bond donors (Lipinski definition) is 2. The fraction of sp³-hybridized carbons (Fsp3) is 0.750. The van der Waals surface area contributed by atoms with E-state index in [4.69, 9.17) is 0 Å².